The summed E-state index contributed by atoms with van der Waals surface area (Å²) >= 11 is 0. The molecule has 0 saturated carbocycles. The molecule has 0 fully saturated rings. The standard InChI is InChI=1S/C50H56N4O.Pt/c1-11-12-13-15-18-35-21-24-44-43(27-35)42-23-22-40(32-45(42)53(44)46-30-37(25-26-51-46)49(5,6)7)55-41-29-38(50(8,9)10)28-39(31-41)54-48(33(2)3)47(34(4)52-54)36-19-16-14-17-20-36;/h14,16-17,19-30,33H,11-13,15,18H2,1-10H3;/q-2;+2. The molecule has 3 heterocycles. The molecule has 0 bridgehead atoms. The number of ether oxygens (including phenoxy) is 1. The summed E-state index contributed by atoms with van der Waals surface area (Å²) in [7, 11) is 0. The number of pyridine rings is 1. The van der Waals surface area contributed by atoms with E-state index in [4.69, 9.17) is 14.8 Å². The predicted molar refractivity (Wildman–Crippen MR) is 229 cm³/mol. The van der Waals surface area contributed by atoms with Crippen molar-refractivity contribution >= 4 is 21.8 Å². The van der Waals surface area contributed by atoms with Crippen molar-refractivity contribution in [3.05, 3.63) is 131 Å². The quantitative estimate of drug-likeness (QED) is 0.0959. The van der Waals surface area contributed by atoms with E-state index in [1.807, 2.05) is 12.3 Å². The molecule has 3 aromatic heterocycles. The van der Waals surface area contributed by atoms with Gasteiger partial charge in [0.1, 0.15) is 5.82 Å². The van der Waals surface area contributed by atoms with E-state index in [0.717, 1.165) is 51.3 Å². The number of aromatic nitrogens is 4. The second-order valence-electron chi connectivity index (χ2n) is 17.5. The molecule has 292 valence electrons. The molecule has 0 amide bonds. The van der Waals surface area contributed by atoms with Crippen LogP contribution in [0.4, 0.5) is 0 Å². The maximum absolute atomic E-state index is 6.79. The molecule has 0 radical (unpaired) electrons. The summed E-state index contributed by atoms with van der Waals surface area (Å²) in [6.07, 6.45) is 7.99. The molecular formula is C50H56N4OPt. The normalized spacial score (nSPS) is 12.1. The minimum absolute atomic E-state index is 0. The van der Waals surface area contributed by atoms with Crippen LogP contribution in [0.15, 0.2) is 91.1 Å². The van der Waals surface area contributed by atoms with E-state index in [2.05, 4.69) is 169 Å². The first-order chi connectivity index (χ1) is 26.2. The van der Waals surface area contributed by atoms with Gasteiger partial charge in [0.05, 0.1) is 11.4 Å². The molecule has 0 spiro atoms. The molecule has 0 N–H and O–H groups in total. The maximum atomic E-state index is 6.79. The molecule has 7 aromatic rings. The number of benzene rings is 4. The van der Waals surface area contributed by atoms with Crippen LogP contribution in [0, 0.1) is 19.1 Å². The second-order valence-corrected chi connectivity index (χ2v) is 17.5. The summed E-state index contributed by atoms with van der Waals surface area (Å²) in [6, 6.07) is 37.7. The zero-order valence-corrected chi connectivity index (χ0v) is 37.1. The smallest absolute Gasteiger partial charge is 0.509 e. The first-order valence-electron chi connectivity index (χ1n) is 20.1. The number of rotatable bonds is 11. The third-order valence-corrected chi connectivity index (χ3v) is 10.7. The van der Waals surface area contributed by atoms with Crippen molar-refractivity contribution in [1.82, 2.24) is 19.3 Å². The SMILES string of the molecule is CCCCCCc1ccc2c(c1)c1ccc(Oc3[c-]c(-n4nc(C)c(-c5ccccc5)c4C(C)C)cc(C(C)(C)C)c3)[c-]c1n2-c1cc(C(C)(C)C)ccn1.[Pt+2]. The fourth-order valence-corrected chi connectivity index (χ4v) is 7.66. The van der Waals surface area contributed by atoms with Crippen LogP contribution < -0.4 is 4.74 Å². The Morgan fingerprint density at radius 1 is 0.750 bits per heavy atom. The van der Waals surface area contributed by atoms with Crippen LogP contribution in [0.2, 0.25) is 0 Å². The van der Waals surface area contributed by atoms with Gasteiger partial charge in [-0.05, 0) is 82.5 Å². The van der Waals surface area contributed by atoms with E-state index in [9.17, 15) is 0 Å². The van der Waals surface area contributed by atoms with Crippen LogP contribution in [0.3, 0.4) is 0 Å². The van der Waals surface area contributed by atoms with Gasteiger partial charge >= 0.3 is 21.1 Å². The Balaban J connectivity index is 0.00000532. The van der Waals surface area contributed by atoms with Crippen LogP contribution in [0.25, 0.3) is 44.4 Å². The van der Waals surface area contributed by atoms with Crippen LogP contribution in [-0.4, -0.2) is 19.3 Å². The third kappa shape index (κ3) is 8.44. The Hall–Kier alpha value is -4.47. The summed E-state index contributed by atoms with van der Waals surface area (Å²) < 4.78 is 11.1. The molecule has 0 aliphatic heterocycles. The minimum Gasteiger partial charge on any atom is -0.509 e. The van der Waals surface area contributed by atoms with Crippen molar-refractivity contribution in [1.29, 1.82) is 0 Å². The number of nitrogens with zero attached hydrogens (tertiary/aromatic N) is 4. The van der Waals surface area contributed by atoms with Gasteiger partial charge in [0.2, 0.25) is 0 Å². The maximum Gasteiger partial charge on any atom is 2.00 e. The van der Waals surface area contributed by atoms with Gasteiger partial charge in [-0.3, -0.25) is 4.68 Å². The average Bonchev–Trinajstić information content (AvgIpc) is 3.67. The number of hydrogen-bond acceptors (Lipinski definition) is 3. The molecule has 7 rings (SSSR count). The molecule has 4 aromatic carbocycles. The van der Waals surface area contributed by atoms with E-state index in [0.29, 0.717) is 11.5 Å². The Bertz CT molecular complexity index is 2460. The second kappa shape index (κ2) is 16.6. The fourth-order valence-electron chi connectivity index (χ4n) is 7.66. The average molecular weight is 924 g/mol. The Morgan fingerprint density at radius 3 is 2.20 bits per heavy atom. The van der Waals surface area contributed by atoms with E-state index >= 15 is 0 Å². The molecule has 56 heavy (non-hydrogen) atoms. The van der Waals surface area contributed by atoms with Gasteiger partial charge in [-0.25, -0.2) is 4.98 Å². The zero-order chi connectivity index (χ0) is 39.1. The zero-order valence-electron chi connectivity index (χ0n) is 34.8. The van der Waals surface area contributed by atoms with Crippen LogP contribution in [0.1, 0.15) is 122 Å². The summed E-state index contributed by atoms with van der Waals surface area (Å²) in [6.45, 7) is 22.3. The molecule has 5 nitrogen and oxygen atoms in total. The van der Waals surface area contributed by atoms with Crippen molar-refractivity contribution in [3.63, 3.8) is 0 Å². The van der Waals surface area contributed by atoms with Crippen molar-refractivity contribution in [2.24, 2.45) is 0 Å². The number of aryl methyl sites for hydroxylation is 2. The van der Waals surface area contributed by atoms with Gasteiger partial charge in [-0.2, -0.15) is 11.2 Å². The van der Waals surface area contributed by atoms with Gasteiger partial charge in [0, 0.05) is 28.8 Å². The Labute approximate surface area is 348 Å². The first kappa shape index (κ1) is 41.2. The number of hydrogen-bond donors (Lipinski definition) is 0. The van der Waals surface area contributed by atoms with Crippen molar-refractivity contribution in [2.45, 2.75) is 118 Å². The van der Waals surface area contributed by atoms with Crippen molar-refractivity contribution in [2.75, 3.05) is 0 Å². The molecule has 0 unspecified atom stereocenters. The van der Waals surface area contributed by atoms with Gasteiger partial charge in [0.25, 0.3) is 0 Å². The summed E-state index contributed by atoms with van der Waals surface area (Å²) in [5.74, 6) is 2.37. The molecule has 0 atom stereocenters. The van der Waals surface area contributed by atoms with Crippen molar-refractivity contribution in [3.8, 4) is 34.1 Å². The van der Waals surface area contributed by atoms with Crippen LogP contribution in [0.5, 0.6) is 11.5 Å². The van der Waals surface area contributed by atoms with Gasteiger partial charge in [0.15, 0.2) is 0 Å². The number of fused-ring (bicyclic) bond motifs is 3. The predicted octanol–water partition coefficient (Wildman–Crippen LogP) is 13.6. The van der Waals surface area contributed by atoms with Gasteiger partial charge < -0.3 is 9.30 Å². The third-order valence-electron chi connectivity index (χ3n) is 10.7. The van der Waals surface area contributed by atoms with E-state index in [-0.39, 0.29) is 37.8 Å². The largest absolute Gasteiger partial charge is 2.00 e. The van der Waals surface area contributed by atoms with Gasteiger partial charge in [-0.15, -0.1) is 41.3 Å². The van der Waals surface area contributed by atoms with E-state index < -0.39 is 0 Å². The summed E-state index contributed by atoms with van der Waals surface area (Å²) in [5.41, 5.74) is 11.0. The van der Waals surface area contributed by atoms with Gasteiger partial charge in [-0.1, -0.05) is 130 Å². The first-order valence-corrected chi connectivity index (χ1v) is 20.1. The topological polar surface area (TPSA) is 44.9 Å². The Morgan fingerprint density at radius 2 is 1.50 bits per heavy atom. The van der Waals surface area contributed by atoms with E-state index in [1.54, 1.807) is 0 Å². The molecular weight excluding hydrogens is 868 g/mol. The monoisotopic (exact) mass is 923 g/mol. The molecule has 0 aliphatic rings. The number of unbranched alkanes of at least 4 members (excludes halogenated alkanes) is 3. The van der Waals surface area contributed by atoms with Crippen LogP contribution in [-0.2, 0) is 38.3 Å². The van der Waals surface area contributed by atoms with E-state index in [1.165, 1.54) is 53.3 Å². The molecule has 0 aliphatic carbocycles. The summed E-state index contributed by atoms with van der Waals surface area (Å²) in [4.78, 5) is 4.93. The van der Waals surface area contributed by atoms with Crippen LogP contribution >= 0.6 is 0 Å². The molecule has 0 saturated heterocycles. The van der Waals surface area contributed by atoms with Crippen molar-refractivity contribution < 1.29 is 25.8 Å². The molecule has 6 heteroatoms. The summed E-state index contributed by atoms with van der Waals surface area (Å²) in [5, 5.41) is 7.48. The minimum atomic E-state index is -0.136. The Kier molecular flexibility index (Phi) is 12.2. The fraction of sp³-hybridized carbons (Fsp3) is 0.360.